The van der Waals surface area contributed by atoms with Gasteiger partial charge in [-0.1, -0.05) is 32.8 Å². The third-order valence-electron chi connectivity index (χ3n) is 6.85. The first-order chi connectivity index (χ1) is 20.9. The molecule has 10 nitrogen and oxygen atoms in total. The Morgan fingerprint density at radius 2 is 1.57 bits per heavy atom. The second-order valence-electron chi connectivity index (χ2n) is 9.96. The summed E-state index contributed by atoms with van der Waals surface area (Å²) in [5.74, 6) is 0.383. The number of hydrogen-bond donors (Lipinski definition) is 0. The summed E-state index contributed by atoms with van der Waals surface area (Å²) >= 11 is 0. The van der Waals surface area contributed by atoms with Crippen molar-refractivity contribution in [1.29, 1.82) is 0 Å². The molecular formula is C30H37F3O10S. The predicted molar refractivity (Wildman–Crippen MR) is 153 cm³/mol. The zero-order chi connectivity index (χ0) is 32.5. The van der Waals surface area contributed by atoms with Gasteiger partial charge in [0.2, 0.25) is 0 Å². The number of benzene rings is 2. The average molecular weight is 647 g/mol. The quantitative estimate of drug-likeness (QED) is 0.0774. The maximum absolute atomic E-state index is 12.6. The number of methoxy groups -OCH3 is 2. The molecule has 0 fully saturated rings. The number of carbonyl (C=O) groups is 2. The first-order valence-corrected chi connectivity index (χ1v) is 15.6. The average Bonchev–Trinajstić information content (AvgIpc) is 2.99. The molecule has 0 radical (unpaired) electrons. The molecule has 44 heavy (non-hydrogen) atoms. The van der Waals surface area contributed by atoms with Crippen LogP contribution in [0.4, 0.5) is 13.2 Å². The summed E-state index contributed by atoms with van der Waals surface area (Å²) in [7, 11) is -3.31. The molecule has 0 aliphatic carbocycles. The zero-order valence-corrected chi connectivity index (χ0v) is 25.9. The fourth-order valence-corrected chi connectivity index (χ4v) is 5.19. The number of aryl methyl sites for hydroxylation is 1. The minimum atomic E-state index is -5.93. The molecule has 244 valence electrons. The van der Waals surface area contributed by atoms with Crippen molar-refractivity contribution in [1.82, 2.24) is 0 Å². The van der Waals surface area contributed by atoms with Crippen LogP contribution in [-0.2, 0) is 43.1 Å². The molecule has 1 aliphatic heterocycles. The highest BCUT2D eigenvalue weighted by Gasteiger charge is 2.47. The summed E-state index contributed by atoms with van der Waals surface area (Å²) in [5, 5.41) is 0. The van der Waals surface area contributed by atoms with Gasteiger partial charge in [-0.2, -0.15) is 21.6 Å². The van der Waals surface area contributed by atoms with E-state index in [0.717, 1.165) is 17.5 Å². The van der Waals surface area contributed by atoms with Crippen LogP contribution in [0.25, 0.3) is 0 Å². The van der Waals surface area contributed by atoms with Gasteiger partial charge >= 0.3 is 21.6 Å². The maximum atomic E-state index is 12.6. The molecule has 1 heterocycles. The van der Waals surface area contributed by atoms with E-state index in [4.69, 9.17) is 23.7 Å². The molecule has 0 bridgehead atoms. The van der Waals surface area contributed by atoms with Crippen LogP contribution in [0.2, 0.25) is 0 Å². The standard InChI is InChI=1S/C30H37F3O10S/c1-5-8-21-24(13-10-19-11-14-26(29(35)39-4)43-27(19)21)40-16-7-17-41-25-15-12-20(28(38-3)22(25)9-6-2)23(34)18-42-44(36,37)30(31,32)33/h10,12-13,15,26H,5-9,11,14,16-18H2,1-4H3. The van der Waals surface area contributed by atoms with Crippen LogP contribution >= 0.6 is 0 Å². The molecule has 0 saturated heterocycles. The maximum Gasteiger partial charge on any atom is 0.523 e. The topological polar surface area (TPSA) is 124 Å². The SMILES string of the molecule is CCCc1c(OCCCOc2ccc(C(=O)COS(=O)(=O)C(F)(F)F)c(OC)c2CCC)ccc2c1OC(C(=O)OC)CC2. The molecule has 0 spiro atoms. The molecule has 2 aromatic carbocycles. The van der Waals surface area contributed by atoms with Crippen molar-refractivity contribution in [3.63, 3.8) is 0 Å². The molecule has 1 atom stereocenters. The molecular weight excluding hydrogens is 609 g/mol. The normalized spacial score (nSPS) is 14.8. The first kappa shape index (κ1) is 35.0. The highest BCUT2D eigenvalue weighted by atomic mass is 32.2. The fraction of sp³-hybridized carbons (Fsp3) is 0.533. The summed E-state index contributed by atoms with van der Waals surface area (Å²) in [6.07, 6.45) is 3.62. The Morgan fingerprint density at radius 1 is 0.955 bits per heavy atom. The Bertz CT molecular complexity index is 1420. The first-order valence-electron chi connectivity index (χ1n) is 14.2. The predicted octanol–water partition coefficient (Wildman–Crippen LogP) is 5.36. The lowest BCUT2D eigenvalue weighted by Crippen LogP contribution is -2.32. The van der Waals surface area contributed by atoms with E-state index in [1.54, 1.807) is 0 Å². The van der Waals surface area contributed by atoms with E-state index in [0.29, 0.717) is 67.9 Å². The van der Waals surface area contributed by atoms with Gasteiger partial charge in [0.05, 0.1) is 33.0 Å². The number of ketones is 1. The number of carbonyl (C=O) groups excluding carboxylic acids is 2. The van der Waals surface area contributed by atoms with Crippen molar-refractivity contribution in [3.05, 3.63) is 46.5 Å². The second kappa shape index (κ2) is 15.5. The Balaban J connectivity index is 1.67. The molecule has 2 aromatic rings. The summed E-state index contributed by atoms with van der Waals surface area (Å²) in [4.78, 5) is 24.7. The number of esters is 1. The minimum Gasteiger partial charge on any atom is -0.496 e. The summed E-state index contributed by atoms with van der Waals surface area (Å²) < 4.78 is 92.4. The number of alkyl halides is 3. The van der Waals surface area contributed by atoms with Crippen molar-refractivity contribution in [2.45, 2.75) is 70.4 Å². The lowest BCUT2D eigenvalue weighted by Gasteiger charge is -2.27. The van der Waals surface area contributed by atoms with Crippen LogP contribution in [0.5, 0.6) is 23.0 Å². The van der Waals surface area contributed by atoms with Gasteiger partial charge in [-0.3, -0.25) is 8.98 Å². The highest BCUT2D eigenvalue weighted by Crippen LogP contribution is 2.39. The van der Waals surface area contributed by atoms with Crippen molar-refractivity contribution in [3.8, 4) is 23.0 Å². The van der Waals surface area contributed by atoms with Crippen LogP contribution < -0.4 is 18.9 Å². The van der Waals surface area contributed by atoms with E-state index in [2.05, 4.69) is 4.18 Å². The number of hydrogen-bond acceptors (Lipinski definition) is 10. The van der Waals surface area contributed by atoms with Crippen LogP contribution in [0.3, 0.4) is 0 Å². The van der Waals surface area contributed by atoms with Crippen LogP contribution in [-0.4, -0.2) is 65.8 Å². The highest BCUT2D eigenvalue weighted by molar-refractivity contribution is 7.87. The number of rotatable bonds is 16. The summed E-state index contributed by atoms with van der Waals surface area (Å²) in [5.41, 5.74) is -3.36. The monoisotopic (exact) mass is 646 g/mol. The molecule has 0 saturated carbocycles. The third kappa shape index (κ3) is 8.35. The van der Waals surface area contributed by atoms with E-state index in [1.165, 1.54) is 26.4 Å². The molecule has 0 N–H and O–H groups in total. The second-order valence-corrected chi connectivity index (χ2v) is 11.6. The summed E-state index contributed by atoms with van der Waals surface area (Å²) in [6, 6.07) is 6.61. The molecule has 14 heteroatoms. The molecule has 1 unspecified atom stereocenters. The lowest BCUT2D eigenvalue weighted by atomic mass is 9.96. The minimum absolute atomic E-state index is 0.0714. The Morgan fingerprint density at radius 3 is 2.16 bits per heavy atom. The Kier molecular flexibility index (Phi) is 12.3. The molecule has 3 rings (SSSR count). The molecule has 1 aliphatic rings. The number of fused-ring (bicyclic) bond motifs is 1. The smallest absolute Gasteiger partial charge is 0.496 e. The van der Waals surface area contributed by atoms with E-state index in [-0.39, 0.29) is 17.9 Å². The largest absolute Gasteiger partial charge is 0.523 e. The fourth-order valence-electron chi connectivity index (χ4n) is 4.79. The number of Topliss-reactive ketones (excluding diaryl/α,β-unsaturated/α-hetero) is 1. The van der Waals surface area contributed by atoms with Gasteiger partial charge in [-0.15, -0.1) is 0 Å². The van der Waals surface area contributed by atoms with E-state index >= 15 is 0 Å². The van der Waals surface area contributed by atoms with Crippen LogP contribution in [0.15, 0.2) is 24.3 Å². The summed E-state index contributed by atoms with van der Waals surface area (Å²) in [6.45, 7) is 3.12. The van der Waals surface area contributed by atoms with Crippen LogP contribution in [0.1, 0.15) is 66.6 Å². The van der Waals surface area contributed by atoms with Crippen molar-refractivity contribution < 1.29 is 59.0 Å². The van der Waals surface area contributed by atoms with Crippen molar-refractivity contribution >= 4 is 21.9 Å². The van der Waals surface area contributed by atoms with Gasteiger partial charge in [0, 0.05) is 17.5 Å². The number of halogens is 3. The van der Waals surface area contributed by atoms with Gasteiger partial charge in [0.25, 0.3) is 0 Å². The van der Waals surface area contributed by atoms with E-state index in [9.17, 15) is 31.2 Å². The van der Waals surface area contributed by atoms with Gasteiger partial charge in [-0.25, -0.2) is 4.79 Å². The third-order valence-corrected chi connectivity index (χ3v) is 7.85. The van der Waals surface area contributed by atoms with Crippen molar-refractivity contribution in [2.24, 2.45) is 0 Å². The van der Waals surface area contributed by atoms with E-state index in [1.807, 2.05) is 26.0 Å². The lowest BCUT2D eigenvalue weighted by molar-refractivity contribution is -0.149. The Labute approximate surface area is 254 Å². The number of ether oxygens (including phenoxy) is 5. The molecule has 0 amide bonds. The van der Waals surface area contributed by atoms with Gasteiger partial charge < -0.3 is 23.7 Å². The van der Waals surface area contributed by atoms with E-state index < -0.39 is 40.1 Å². The van der Waals surface area contributed by atoms with Gasteiger partial charge in [0.1, 0.15) is 29.6 Å². The Hall–Kier alpha value is -3.52. The van der Waals surface area contributed by atoms with Gasteiger partial charge in [0.15, 0.2) is 11.9 Å². The molecule has 0 aromatic heterocycles. The van der Waals surface area contributed by atoms with Gasteiger partial charge in [-0.05, 0) is 49.4 Å². The zero-order valence-electron chi connectivity index (χ0n) is 25.1. The van der Waals surface area contributed by atoms with Crippen molar-refractivity contribution in [2.75, 3.05) is 34.0 Å². The van der Waals surface area contributed by atoms with Crippen LogP contribution in [0, 0.1) is 0 Å².